The summed E-state index contributed by atoms with van der Waals surface area (Å²) >= 11 is 0. The standard InChI is InChI=1S/C20H38N4O2/c1-21-11-15-23(16-12-21)19(25)9-7-5-3-4-6-8-10-20(26)24-17-13-22(2)14-18-24/h3-18H2,1-2H3/p+2. The van der Waals surface area contributed by atoms with Crippen molar-refractivity contribution in [1.82, 2.24) is 9.80 Å². The lowest BCUT2D eigenvalue weighted by Crippen LogP contribution is -3.12. The molecular weight excluding hydrogens is 328 g/mol. The minimum atomic E-state index is 0.345. The first kappa shape index (κ1) is 21.2. The second kappa shape index (κ2) is 11.5. The Morgan fingerprint density at radius 1 is 0.615 bits per heavy atom. The number of rotatable bonds is 9. The monoisotopic (exact) mass is 368 g/mol. The first-order valence-corrected chi connectivity index (χ1v) is 10.7. The van der Waals surface area contributed by atoms with Gasteiger partial charge in [0.05, 0.1) is 66.5 Å². The van der Waals surface area contributed by atoms with E-state index in [1.807, 2.05) is 9.80 Å². The van der Waals surface area contributed by atoms with Gasteiger partial charge in [-0.2, -0.15) is 0 Å². The van der Waals surface area contributed by atoms with Gasteiger partial charge in [-0.05, 0) is 12.8 Å². The Labute approximate surface area is 159 Å². The third-order valence-corrected chi connectivity index (χ3v) is 5.97. The highest BCUT2D eigenvalue weighted by atomic mass is 16.2. The third kappa shape index (κ3) is 7.62. The highest BCUT2D eigenvalue weighted by Crippen LogP contribution is 2.11. The largest absolute Gasteiger partial charge is 0.334 e. The summed E-state index contributed by atoms with van der Waals surface area (Å²) < 4.78 is 0. The number of unbranched alkanes of at least 4 members (excludes halogenated alkanes) is 5. The Balaban J connectivity index is 1.41. The summed E-state index contributed by atoms with van der Waals surface area (Å²) in [7, 11) is 4.39. The van der Waals surface area contributed by atoms with Crippen LogP contribution in [0, 0.1) is 0 Å². The summed E-state index contributed by atoms with van der Waals surface area (Å²) in [5.41, 5.74) is 0. The lowest BCUT2D eigenvalue weighted by Gasteiger charge is -2.30. The van der Waals surface area contributed by atoms with Crippen LogP contribution in [0.25, 0.3) is 0 Å². The molecule has 2 amide bonds. The molecule has 0 unspecified atom stereocenters. The van der Waals surface area contributed by atoms with Crippen LogP contribution in [0.4, 0.5) is 0 Å². The molecule has 0 aromatic rings. The molecule has 0 radical (unpaired) electrons. The molecule has 2 aliphatic heterocycles. The van der Waals surface area contributed by atoms with E-state index >= 15 is 0 Å². The molecule has 26 heavy (non-hydrogen) atoms. The van der Waals surface area contributed by atoms with E-state index in [-0.39, 0.29) is 0 Å². The molecule has 0 aromatic heterocycles. The number of likely N-dealkylation sites (N-methyl/N-ethyl adjacent to an activating group) is 2. The van der Waals surface area contributed by atoms with Crippen molar-refractivity contribution in [1.29, 1.82) is 0 Å². The Morgan fingerprint density at radius 2 is 0.923 bits per heavy atom. The van der Waals surface area contributed by atoms with Crippen LogP contribution >= 0.6 is 0 Å². The van der Waals surface area contributed by atoms with Gasteiger partial charge in [0.2, 0.25) is 11.8 Å². The zero-order valence-corrected chi connectivity index (χ0v) is 17.0. The zero-order valence-electron chi connectivity index (χ0n) is 17.0. The molecule has 2 saturated heterocycles. The van der Waals surface area contributed by atoms with Crippen molar-refractivity contribution in [2.45, 2.75) is 51.4 Å². The molecule has 0 aromatic carbocycles. The van der Waals surface area contributed by atoms with Crippen molar-refractivity contribution in [2.24, 2.45) is 0 Å². The molecule has 0 atom stereocenters. The maximum absolute atomic E-state index is 12.2. The molecule has 2 fully saturated rings. The average Bonchev–Trinajstić information content (AvgIpc) is 2.64. The van der Waals surface area contributed by atoms with Crippen LogP contribution in [0.1, 0.15) is 51.4 Å². The Hall–Kier alpha value is -1.14. The van der Waals surface area contributed by atoms with E-state index in [1.54, 1.807) is 0 Å². The van der Waals surface area contributed by atoms with E-state index in [4.69, 9.17) is 0 Å². The van der Waals surface area contributed by atoms with Gasteiger partial charge in [-0.15, -0.1) is 0 Å². The van der Waals surface area contributed by atoms with Crippen LogP contribution in [0.2, 0.25) is 0 Å². The predicted octanol–water partition coefficient (Wildman–Crippen LogP) is -1.18. The van der Waals surface area contributed by atoms with E-state index in [2.05, 4.69) is 14.1 Å². The molecule has 2 rings (SSSR count). The first-order valence-electron chi connectivity index (χ1n) is 10.7. The average molecular weight is 369 g/mol. The van der Waals surface area contributed by atoms with E-state index in [9.17, 15) is 9.59 Å². The second-order valence-electron chi connectivity index (χ2n) is 8.30. The minimum absolute atomic E-state index is 0.345. The predicted molar refractivity (Wildman–Crippen MR) is 103 cm³/mol. The van der Waals surface area contributed by atoms with Crippen molar-refractivity contribution >= 4 is 11.8 Å². The van der Waals surface area contributed by atoms with E-state index < -0.39 is 0 Å². The van der Waals surface area contributed by atoms with Gasteiger partial charge in [0.25, 0.3) is 0 Å². The highest BCUT2D eigenvalue weighted by Gasteiger charge is 2.21. The number of nitrogens with zero attached hydrogens (tertiary/aromatic N) is 2. The molecule has 0 aliphatic carbocycles. The molecule has 0 spiro atoms. The number of amides is 2. The summed E-state index contributed by atoms with van der Waals surface area (Å²) in [6.07, 6.45) is 8.10. The van der Waals surface area contributed by atoms with Crippen LogP contribution in [-0.2, 0) is 9.59 Å². The summed E-state index contributed by atoms with van der Waals surface area (Å²) in [4.78, 5) is 31.5. The molecule has 6 nitrogen and oxygen atoms in total. The minimum Gasteiger partial charge on any atom is -0.334 e. The number of hydrogen-bond acceptors (Lipinski definition) is 2. The number of carbonyl (C=O) groups excluding carboxylic acids is 2. The Bertz CT molecular complexity index is 388. The fourth-order valence-electron chi connectivity index (χ4n) is 3.85. The maximum Gasteiger partial charge on any atom is 0.222 e. The lowest BCUT2D eigenvalue weighted by molar-refractivity contribution is -0.883. The van der Waals surface area contributed by atoms with Gasteiger partial charge in [0, 0.05) is 12.8 Å². The van der Waals surface area contributed by atoms with Gasteiger partial charge in [-0.3, -0.25) is 9.59 Å². The van der Waals surface area contributed by atoms with Gasteiger partial charge >= 0.3 is 0 Å². The normalized spacial score (nSPS) is 19.8. The molecule has 2 aliphatic rings. The fraction of sp³-hybridized carbons (Fsp3) is 0.900. The number of hydrogen-bond donors (Lipinski definition) is 2. The number of carbonyl (C=O) groups is 2. The van der Waals surface area contributed by atoms with Crippen molar-refractivity contribution in [3.05, 3.63) is 0 Å². The fourth-order valence-corrected chi connectivity index (χ4v) is 3.85. The summed E-state index contributed by atoms with van der Waals surface area (Å²) in [6, 6.07) is 0. The quantitative estimate of drug-likeness (QED) is 0.504. The number of quaternary nitrogens is 2. The Kier molecular flexibility index (Phi) is 9.40. The van der Waals surface area contributed by atoms with Crippen molar-refractivity contribution in [3.63, 3.8) is 0 Å². The van der Waals surface area contributed by atoms with Crippen LogP contribution in [0.3, 0.4) is 0 Å². The van der Waals surface area contributed by atoms with E-state index in [0.717, 1.165) is 78.0 Å². The molecule has 150 valence electrons. The van der Waals surface area contributed by atoms with Gasteiger partial charge < -0.3 is 19.6 Å². The van der Waals surface area contributed by atoms with Gasteiger partial charge in [-0.1, -0.05) is 25.7 Å². The van der Waals surface area contributed by atoms with Crippen molar-refractivity contribution in [3.8, 4) is 0 Å². The SMILES string of the molecule is C[NH+]1CCN(C(=O)CCCCCCCCC(=O)N2CC[NH+](C)CC2)CC1. The summed E-state index contributed by atoms with van der Waals surface area (Å²) in [6.45, 7) is 8.03. The van der Waals surface area contributed by atoms with Gasteiger partial charge in [-0.25, -0.2) is 0 Å². The van der Waals surface area contributed by atoms with Crippen molar-refractivity contribution < 1.29 is 19.4 Å². The van der Waals surface area contributed by atoms with Gasteiger partial charge in [0.1, 0.15) is 0 Å². The first-order chi connectivity index (χ1) is 12.6. The highest BCUT2D eigenvalue weighted by molar-refractivity contribution is 5.76. The van der Waals surface area contributed by atoms with Crippen molar-refractivity contribution in [2.75, 3.05) is 66.5 Å². The van der Waals surface area contributed by atoms with Crippen LogP contribution in [0.5, 0.6) is 0 Å². The molecule has 6 heteroatoms. The second-order valence-corrected chi connectivity index (χ2v) is 8.30. The van der Waals surface area contributed by atoms with Crippen LogP contribution in [-0.4, -0.2) is 88.1 Å². The number of piperazine rings is 2. The smallest absolute Gasteiger partial charge is 0.222 e. The third-order valence-electron chi connectivity index (χ3n) is 5.97. The topological polar surface area (TPSA) is 49.5 Å². The molecule has 0 bridgehead atoms. The van der Waals surface area contributed by atoms with Gasteiger partial charge in [0.15, 0.2) is 0 Å². The van der Waals surface area contributed by atoms with Crippen LogP contribution in [0.15, 0.2) is 0 Å². The lowest BCUT2D eigenvalue weighted by atomic mass is 10.1. The van der Waals surface area contributed by atoms with E-state index in [0.29, 0.717) is 24.7 Å². The molecule has 2 heterocycles. The molecular formula is C20H40N4O2+2. The summed E-state index contributed by atoms with van der Waals surface area (Å²) in [5, 5.41) is 0. The van der Waals surface area contributed by atoms with E-state index in [1.165, 1.54) is 22.6 Å². The Morgan fingerprint density at radius 3 is 1.27 bits per heavy atom. The molecule has 0 saturated carbocycles. The summed E-state index contributed by atoms with van der Waals surface area (Å²) in [5.74, 6) is 0.689. The van der Waals surface area contributed by atoms with Crippen LogP contribution < -0.4 is 9.80 Å². The number of nitrogens with one attached hydrogen (secondary N) is 2. The zero-order chi connectivity index (χ0) is 18.8. The maximum atomic E-state index is 12.2. The molecule has 2 N–H and O–H groups in total.